The van der Waals surface area contributed by atoms with Crippen molar-refractivity contribution in [3.05, 3.63) is 94.2 Å². The molecule has 0 aliphatic rings. The van der Waals surface area contributed by atoms with E-state index in [1.807, 2.05) is 83.1 Å². The molecule has 5 heteroatoms. The highest BCUT2D eigenvalue weighted by molar-refractivity contribution is 7.09. The molecule has 1 atom stereocenters. The van der Waals surface area contributed by atoms with Gasteiger partial charge in [-0.05, 0) is 28.5 Å². The molecule has 0 N–H and O–H groups in total. The number of carbonyl (C=O) groups is 2. The minimum absolute atomic E-state index is 0.000588. The first-order valence-electron chi connectivity index (χ1n) is 11.2. The summed E-state index contributed by atoms with van der Waals surface area (Å²) in [4.78, 5) is 31.3. The molecule has 3 aromatic rings. The summed E-state index contributed by atoms with van der Waals surface area (Å²) >= 11 is 1.65. The topological polar surface area (TPSA) is 40.6 Å². The monoisotopic (exact) mass is 448 g/mol. The Morgan fingerprint density at radius 3 is 2.06 bits per heavy atom. The van der Waals surface area contributed by atoms with Crippen molar-refractivity contribution in [1.82, 2.24) is 9.80 Å². The summed E-state index contributed by atoms with van der Waals surface area (Å²) < 4.78 is 0. The summed E-state index contributed by atoms with van der Waals surface area (Å²) in [5.41, 5.74) is 2.06. The zero-order chi connectivity index (χ0) is 22.8. The van der Waals surface area contributed by atoms with E-state index >= 15 is 0 Å². The van der Waals surface area contributed by atoms with Gasteiger partial charge in [0.05, 0.1) is 19.5 Å². The van der Waals surface area contributed by atoms with Crippen LogP contribution in [0.2, 0.25) is 0 Å². The Morgan fingerprint density at radius 2 is 1.47 bits per heavy atom. The summed E-state index contributed by atoms with van der Waals surface area (Å²) in [6, 6.07) is 23.8. The fraction of sp³-hybridized carbons (Fsp3) is 0.333. The van der Waals surface area contributed by atoms with Gasteiger partial charge in [-0.2, -0.15) is 0 Å². The van der Waals surface area contributed by atoms with Crippen molar-refractivity contribution in [3.8, 4) is 0 Å². The van der Waals surface area contributed by atoms with Crippen LogP contribution in [0.1, 0.15) is 36.3 Å². The number of thiophene rings is 1. The van der Waals surface area contributed by atoms with Crippen LogP contribution in [0, 0.1) is 5.92 Å². The molecule has 168 valence electrons. The Morgan fingerprint density at radius 1 is 0.812 bits per heavy atom. The van der Waals surface area contributed by atoms with Crippen molar-refractivity contribution in [2.75, 3.05) is 13.1 Å². The molecule has 0 aliphatic carbocycles. The summed E-state index contributed by atoms with van der Waals surface area (Å²) in [6.07, 6.45) is 1.28. The van der Waals surface area contributed by atoms with E-state index in [-0.39, 0.29) is 18.4 Å². The summed E-state index contributed by atoms with van der Waals surface area (Å²) in [5.74, 6) is 0.315. The summed E-state index contributed by atoms with van der Waals surface area (Å²) in [7, 11) is 0. The molecule has 0 spiro atoms. The molecule has 1 heterocycles. The molecule has 1 aromatic heterocycles. The van der Waals surface area contributed by atoms with Crippen LogP contribution >= 0.6 is 11.3 Å². The molecule has 32 heavy (non-hydrogen) atoms. The quantitative estimate of drug-likeness (QED) is 0.394. The SMILES string of the molecule is CCC(C)CN(CC(=O)N(Cc1ccccc1)Cc1cccs1)C(=O)Cc1ccccc1. The van der Waals surface area contributed by atoms with E-state index in [2.05, 4.69) is 13.8 Å². The number of hydrogen-bond donors (Lipinski definition) is 0. The van der Waals surface area contributed by atoms with Gasteiger partial charge in [0.2, 0.25) is 11.8 Å². The smallest absolute Gasteiger partial charge is 0.242 e. The third kappa shape index (κ3) is 7.34. The zero-order valence-electron chi connectivity index (χ0n) is 18.9. The molecule has 0 saturated carbocycles. The van der Waals surface area contributed by atoms with Gasteiger partial charge in [0.1, 0.15) is 0 Å². The van der Waals surface area contributed by atoms with Crippen molar-refractivity contribution in [2.24, 2.45) is 5.92 Å². The summed E-state index contributed by atoms with van der Waals surface area (Å²) in [6.45, 7) is 6.02. The lowest BCUT2D eigenvalue weighted by atomic mass is 10.1. The predicted octanol–water partition coefficient (Wildman–Crippen LogP) is 5.39. The Labute approximate surface area is 195 Å². The lowest BCUT2D eigenvalue weighted by Crippen LogP contribution is -2.44. The number of hydrogen-bond acceptors (Lipinski definition) is 3. The third-order valence-electron chi connectivity index (χ3n) is 5.60. The maximum absolute atomic E-state index is 13.4. The molecule has 0 fully saturated rings. The second-order valence-electron chi connectivity index (χ2n) is 8.26. The first-order valence-corrected chi connectivity index (χ1v) is 12.1. The van der Waals surface area contributed by atoms with Crippen LogP contribution < -0.4 is 0 Å². The average Bonchev–Trinajstić information content (AvgIpc) is 3.32. The van der Waals surface area contributed by atoms with Crippen LogP contribution in [0.25, 0.3) is 0 Å². The van der Waals surface area contributed by atoms with Crippen molar-refractivity contribution in [3.63, 3.8) is 0 Å². The Bertz CT molecular complexity index is 958. The number of rotatable bonds is 11. The fourth-order valence-corrected chi connectivity index (χ4v) is 4.25. The van der Waals surface area contributed by atoms with E-state index in [0.29, 0.717) is 32.0 Å². The largest absolute Gasteiger partial charge is 0.333 e. The first kappa shape index (κ1) is 23.7. The van der Waals surface area contributed by atoms with Crippen LogP contribution in [0.15, 0.2) is 78.2 Å². The molecular formula is C27H32N2O2S. The Hall–Kier alpha value is -2.92. The van der Waals surface area contributed by atoms with Gasteiger partial charge in [-0.15, -0.1) is 11.3 Å². The maximum Gasteiger partial charge on any atom is 0.242 e. The third-order valence-corrected chi connectivity index (χ3v) is 6.46. The van der Waals surface area contributed by atoms with Crippen LogP contribution in [-0.4, -0.2) is 34.7 Å². The van der Waals surface area contributed by atoms with E-state index in [1.54, 1.807) is 16.2 Å². The zero-order valence-corrected chi connectivity index (χ0v) is 19.8. The maximum atomic E-state index is 13.4. The standard InChI is InChI=1S/C27H32N2O2S/c1-3-22(2)18-28(26(30)17-23-11-6-4-7-12-23)21-27(31)29(20-25-15-10-16-32-25)19-24-13-8-5-9-14-24/h4-16,22H,3,17-21H2,1-2H3. The van der Waals surface area contributed by atoms with Crippen molar-refractivity contribution >= 4 is 23.2 Å². The van der Waals surface area contributed by atoms with Gasteiger partial charge in [0, 0.05) is 18.0 Å². The highest BCUT2D eigenvalue weighted by atomic mass is 32.1. The molecule has 0 bridgehead atoms. The molecule has 0 radical (unpaired) electrons. The van der Waals surface area contributed by atoms with Crippen LogP contribution in [0.4, 0.5) is 0 Å². The molecule has 0 aliphatic heterocycles. The number of carbonyl (C=O) groups excluding carboxylic acids is 2. The van der Waals surface area contributed by atoms with Gasteiger partial charge >= 0.3 is 0 Å². The minimum Gasteiger partial charge on any atom is -0.333 e. The number of amides is 2. The van der Waals surface area contributed by atoms with Gasteiger partial charge in [-0.1, -0.05) is 87.0 Å². The Kier molecular flexibility index (Phi) is 9.05. The van der Waals surface area contributed by atoms with Gasteiger partial charge in [0.25, 0.3) is 0 Å². The van der Waals surface area contributed by atoms with Crippen LogP contribution in [-0.2, 0) is 29.1 Å². The molecule has 0 saturated heterocycles. The van der Waals surface area contributed by atoms with Gasteiger partial charge < -0.3 is 9.80 Å². The van der Waals surface area contributed by atoms with Crippen LogP contribution in [0.3, 0.4) is 0 Å². The molecule has 3 rings (SSSR count). The van der Waals surface area contributed by atoms with Gasteiger partial charge in [-0.25, -0.2) is 0 Å². The highest BCUT2D eigenvalue weighted by Gasteiger charge is 2.23. The van der Waals surface area contributed by atoms with E-state index in [0.717, 1.165) is 22.4 Å². The second kappa shape index (κ2) is 12.2. The lowest BCUT2D eigenvalue weighted by molar-refractivity contribution is -0.141. The number of nitrogens with zero attached hydrogens (tertiary/aromatic N) is 2. The van der Waals surface area contributed by atoms with E-state index in [4.69, 9.17) is 0 Å². The second-order valence-corrected chi connectivity index (χ2v) is 9.30. The van der Waals surface area contributed by atoms with E-state index < -0.39 is 0 Å². The predicted molar refractivity (Wildman–Crippen MR) is 131 cm³/mol. The minimum atomic E-state index is -0.0213. The molecular weight excluding hydrogens is 416 g/mol. The van der Waals surface area contributed by atoms with Gasteiger partial charge in [0.15, 0.2) is 0 Å². The summed E-state index contributed by atoms with van der Waals surface area (Å²) in [5, 5.41) is 2.03. The molecule has 2 aromatic carbocycles. The molecule has 1 unspecified atom stereocenters. The van der Waals surface area contributed by atoms with Crippen molar-refractivity contribution in [2.45, 2.75) is 39.8 Å². The normalized spacial score (nSPS) is 11.7. The van der Waals surface area contributed by atoms with Crippen LogP contribution in [0.5, 0.6) is 0 Å². The van der Waals surface area contributed by atoms with Crippen molar-refractivity contribution < 1.29 is 9.59 Å². The first-order chi connectivity index (χ1) is 15.5. The average molecular weight is 449 g/mol. The lowest BCUT2D eigenvalue weighted by Gasteiger charge is -2.29. The Balaban J connectivity index is 1.75. The van der Waals surface area contributed by atoms with E-state index in [1.165, 1.54) is 0 Å². The van der Waals surface area contributed by atoms with E-state index in [9.17, 15) is 9.59 Å². The fourth-order valence-electron chi connectivity index (χ4n) is 3.53. The number of benzene rings is 2. The van der Waals surface area contributed by atoms with Gasteiger partial charge in [-0.3, -0.25) is 9.59 Å². The molecule has 4 nitrogen and oxygen atoms in total. The highest BCUT2D eigenvalue weighted by Crippen LogP contribution is 2.16. The molecule has 2 amide bonds. The van der Waals surface area contributed by atoms with Crippen molar-refractivity contribution in [1.29, 1.82) is 0 Å².